The second-order valence-corrected chi connectivity index (χ2v) is 5.20. The molecule has 0 saturated heterocycles. The second kappa shape index (κ2) is 6.92. The summed E-state index contributed by atoms with van der Waals surface area (Å²) in [5.74, 6) is 0. The Morgan fingerprint density at radius 2 is 2.10 bits per heavy atom. The lowest BCUT2D eigenvalue weighted by Gasteiger charge is -2.22. The Balaban J connectivity index is 1.92. The number of hydrogen-bond acceptors (Lipinski definition) is 3. The molecule has 5 nitrogen and oxygen atoms in total. The highest BCUT2D eigenvalue weighted by Crippen LogP contribution is 2.17. The summed E-state index contributed by atoms with van der Waals surface area (Å²) >= 11 is 0. The van der Waals surface area contributed by atoms with Crippen LogP contribution in [0.4, 0.5) is 10.5 Å². The van der Waals surface area contributed by atoms with E-state index in [1.54, 1.807) is 24.3 Å². The van der Waals surface area contributed by atoms with Crippen LogP contribution in [-0.2, 0) is 0 Å². The third-order valence-corrected chi connectivity index (χ3v) is 3.64. The van der Waals surface area contributed by atoms with Crippen LogP contribution in [0.15, 0.2) is 24.3 Å². The van der Waals surface area contributed by atoms with Crippen LogP contribution in [0.2, 0.25) is 0 Å². The normalized spacial score (nSPS) is 22.4. The van der Waals surface area contributed by atoms with Crippen LogP contribution in [0.25, 0.3) is 0 Å². The molecule has 0 aliphatic heterocycles. The van der Waals surface area contributed by atoms with Crippen molar-refractivity contribution in [1.82, 2.24) is 5.32 Å². The summed E-state index contributed by atoms with van der Waals surface area (Å²) in [5, 5.41) is 14.5. The van der Waals surface area contributed by atoms with Gasteiger partial charge < -0.3 is 16.4 Å². The Hall–Kier alpha value is -2.06. The molecule has 0 heterocycles. The molecule has 1 aromatic carbocycles. The molecule has 5 heteroatoms. The molecular formula is C15H20N4O. The van der Waals surface area contributed by atoms with Gasteiger partial charge in [0.2, 0.25) is 0 Å². The summed E-state index contributed by atoms with van der Waals surface area (Å²) in [6.07, 6.45) is 5.28. The van der Waals surface area contributed by atoms with E-state index in [1.807, 2.05) is 6.07 Å². The van der Waals surface area contributed by atoms with Crippen molar-refractivity contribution in [2.24, 2.45) is 5.73 Å². The highest BCUT2D eigenvalue weighted by molar-refractivity contribution is 5.89. The predicted octanol–water partition coefficient (Wildman–Crippen LogP) is 2.34. The van der Waals surface area contributed by atoms with Gasteiger partial charge in [-0.15, -0.1) is 0 Å². The summed E-state index contributed by atoms with van der Waals surface area (Å²) in [4.78, 5) is 12.0. The van der Waals surface area contributed by atoms with E-state index in [0.717, 1.165) is 25.7 Å². The Bertz CT molecular complexity index is 509. The van der Waals surface area contributed by atoms with Gasteiger partial charge in [0.15, 0.2) is 0 Å². The minimum absolute atomic E-state index is 0.0219. The van der Waals surface area contributed by atoms with E-state index in [0.29, 0.717) is 11.3 Å². The molecule has 0 aromatic heterocycles. The molecule has 2 unspecified atom stereocenters. The third-order valence-electron chi connectivity index (χ3n) is 3.64. The summed E-state index contributed by atoms with van der Waals surface area (Å²) in [5.41, 5.74) is 7.22. The highest BCUT2D eigenvalue weighted by Gasteiger charge is 2.21. The zero-order chi connectivity index (χ0) is 14.4. The molecule has 0 spiro atoms. The molecule has 0 bridgehead atoms. The van der Waals surface area contributed by atoms with Crippen molar-refractivity contribution in [3.63, 3.8) is 0 Å². The maximum atomic E-state index is 12.0. The Morgan fingerprint density at radius 1 is 1.30 bits per heavy atom. The summed E-state index contributed by atoms with van der Waals surface area (Å²) in [6, 6.07) is 8.67. The number of carbonyl (C=O) groups excluding carboxylic acids is 1. The van der Waals surface area contributed by atoms with Crippen molar-refractivity contribution in [1.29, 1.82) is 5.26 Å². The van der Waals surface area contributed by atoms with Crippen LogP contribution in [0.1, 0.15) is 37.7 Å². The predicted molar refractivity (Wildman–Crippen MR) is 78.2 cm³/mol. The molecule has 1 aromatic rings. The van der Waals surface area contributed by atoms with E-state index in [1.165, 1.54) is 6.42 Å². The SMILES string of the molecule is N#Cc1cccc(NC(=O)NC2CCCCCC2N)c1. The largest absolute Gasteiger partial charge is 0.334 e. The topological polar surface area (TPSA) is 90.9 Å². The van der Waals surface area contributed by atoms with Gasteiger partial charge in [-0.25, -0.2) is 4.79 Å². The Labute approximate surface area is 119 Å². The number of rotatable bonds is 2. The van der Waals surface area contributed by atoms with Gasteiger partial charge in [-0.3, -0.25) is 0 Å². The Kier molecular flexibility index (Phi) is 4.97. The number of amides is 2. The van der Waals surface area contributed by atoms with Crippen molar-refractivity contribution < 1.29 is 4.79 Å². The van der Waals surface area contributed by atoms with E-state index in [-0.39, 0.29) is 18.1 Å². The lowest BCUT2D eigenvalue weighted by Crippen LogP contribution is -2.48. The smallest absolute Gasteiger partial charge is 0.319 e. The number of urea groups is 1. The van der Waals surface area contributed by atoms with E-state index < -0.39 is 0 Å². The van der Waals surface area contributed by atoms with Crippen molar-refractivity contribution in [3.05, 3.63) is 29.8 Å². The molecule has 20 heavy (non-hydrogen) atoms. The zero-order valence-corrected chi connectivity index (χ0v) is 11.4. The second-order valence-electron chi connectivity index (χ2n) is 5.20. The molecule has 106 valence electrons. The molecule has 1 fully saturated rings. The van der Waals surface area contributed by atoms with Crippen molar-refractivity contribution >= 4 is 11.7 Å². The van der Waals surface area contributed by atoms with Crippen LogP contribution < -0.4 is 16.4 Å². The Morgan fingerprint density at radius 3 is 2.90 bits per heavy atom. The minimum atomic E-state index is -0.262. The maximum Gasteiger partial charge on any atom is 0.319 e. The lowest BCUT2D eigenvalue weighted by molar-refractivity contribution is 0.245. The van der Waals surface area contributed by atoms with E-state index in [2.05, 4.69) is 10.6 Å². The zero-order valence-electron chi connectivity index (χ0n) is 11.4. The average molecular weight is 272 g/mol. The van der Waals surface area contributed by atoms with Crippen LogP contribution in [0.3, 0.4) is 0 Å². The number of nitrogens with two attached hydrogens (primary N) is 1. The first-order valence-electron chi connectivity index (χ1n) is 7.02. The number of anilines is 1. The summed E-state index contributed by atoms with van der Waals surface area (Å²) in [7, 11) is 0. The fourth-order valence-corrected chi connectivity index (χ4v) is 2.52. The van der Waals surface area contributed by atoms with Crippen LogP contribution in [0, 0.1) is 11.3 Å². The molecule has 2 amide bonds. The first kappa shape index (κ1) is 14.4. The number of nitriles is 1. The van der Waals surface area contributed by atoms with E-state index in [9.17, 15) is 4.79 Å². The molecule has 2 atom stereocenters. The molecule has 4 N–H and O–H groups in total. The molecule has 1 saturated carbocycles. The first-order chi connectivity index (χ1) is 9.69. The number of nitrogens with zero attached hydrogens (tertiary/aromatic N) is 1. The van der Waals surface area contributed by atoms with Crippen LogP contribution in [-0.4, -0.2) is 18.1 Å². The van der Waals surface area contributed by atoms with Gasteiger partial charge in [0.25, 0.3) is 0 Å². The van der Waals surface area contributed by atoms with Crippen molar-refractivity contribution in [2.75, 3.05) is 5.32 Å². The van der Waals surface area contributed by atoms with Gasteiger partial charge in [-0.1, -0.05) is 25.3 Å². The van der Waals surface area contributed by atoms with Gasteiger partial charge in [-0.05, 0) is 31.0 Å². The van der Waals surface area contributed by atoms with Gasteiger partial charge in [0.05, 0.1) is 11.6 Å². The van der Waals surface area contributed by atoms with Crippen LogP contribution in [0.5, 0.6) is 0 Å². The standard InChI is InChI=1S/C15H20N4O/c16-10-11-5-4-6-12(9-11)18-15(20)19-14-8-3-1-2-7-13(14)17/h4-6,9,13-14H,1-3,7-8,17H2,(H2,18,19,20). The van der Waals surface area contributed by atoms with Gasteiger partial charge >= 0.3 is 6.03 Å². The number of carbonyl (C=O) groups is 1. The fraction of sp³-hybridized carbons (Fsp3) is 0.467. The quantitative estimate of drug-likeness (QED) is 0.722. The highest BCUT2D eigenvalue weighted by atomic mass is 16.2. The summed E-state index contributed by atoms with van der Waals surface area (Å²) < 4.78 is 0. The first-order valence-corrected chi connectivity index (χ1v) is 7.02. The molecule has 1 aliphatic carbocycles. The van der Waals surface area contributed by atoms with Gasteiger partial charge in [-0.2, -0.15) is 5.26 Å². The number of benzene rings is 1. The molecule has 2 rings (SSSR count). The number of nitrogens with one attached hydrogen (secondary N) is 2. The maximum absolute atomic E-state index is 12.0. The minimum Gasteiger partial charge on any atom is -0.334 e. The van der Waals surface area contributed by atoms with E-state index >= 15 is 0 Å². The summed E-state index contributed by atoms with van der Waals surface area (Å²) in [6.45, 7) is 0. The monoisotopic (exact) mass is 272 g/mol. The van der Waals surface area contributed by atoms with Crippen LogP contribution >= 0.6 is 0 Å². The van der Waals surface area contributed by atoms with Gasteiger partial charge in [0, 0.05) is 17.8 Å². The fourth-order valence-electron chi connectivity index (χ4n) is 2.52. The van der Waals surface area contributed by atoms with E-state index in [4.69, 9.17) is 11.0 Å². The molecule has 1 aliphatic rings. The average Bonchev–Trinajstić information content (AvgIpc) is 2.64. The van der Waals surface area contributed by atoms with Gasteiger partial charge in [0.1, 0.15) is 0 Å². The molecular weight excluding hydrogens is 252 g/mol. The number of hydrogen-bond donors (Lipinski definition) is 3. The molecule has 0 radical (unpaired) electrons. The van der Waals surface area contributed by atoms with Crippen molar-refractivity contribution in [3.8, 4) is 6.07 Å². The third kappa shape index (κ3) is 3.97. The van der Waals surface area contributed by atoms with Crippen molar-refractivity contribution in [2.45, 2.75) is 44.2 Å². The lowest BCUT2D eigenvalue weighted by atomic mass is 10.0.